The average molecular weight is 394 g/mol. The zero-order valence-corrected chi connectivity index (χ0v) is 15.9. The van der Waals surface area contributed by atoms with E-state index in [2.05, 4.69) is 10.3 Å². The van der Waals surface area contributed by atoms with Gasteiger partial charge >= 0.3 is 6.03 Å². The van der Waals surface area contributed by atoms with Gasteiger partial charge in [0.2, 0.25) is 0 Å². The molecule has 3 amide bonds. The van der Waals surface area contributed by atoms with Crippen molar-refractivity contribution in [2.24, 2.45) is 0 Å². The molecule has 1 spiro atoms. The Morgan fingerprint density at radius 1 is 1.18 bits per heavy atom. The summed E-state index contributed by atoms with van der Waals surface area (Å²) in [6.45, 7) is -0.0157. The van der Waals surface area contributed by atoms with Crippen LogP contribution in [0.2, 0.25) is 0 Å². The van der Waals surface area contributed by atoms with Crippen molar-refractivity contribution in [2.75, 3.05) is 0 Å². The van der Waals surface area contributed by atoms with Crippen molar-refractivity contribution in [3.63, 3.8) is 0 Å². The third-order valence-corrected chi connectivity index (χ3v) is 6.33. The van der Waals surface area contributed by atoms with Crippen molar-refractivity contribution >= 4 is 28.2 Å². The molecular formula is C20H18N4O3S. The van der Waals surface area contributed by atoms with E-state index in [0.717, 1.165) is 30.4 Å². The van der Waals surface area contributed by atoms with E-state index >= 15 is 0 Å². The van der Waals surface area contributed by atoms with Crippen LogP contribution in [-0.2, 0) is 23.3 Å². The highest BCUT2D eigenvalue weighted by Gasteiger charge is 2.53. The first-order chi connectivity index (χ1) is 13.6. The zero-order chi connectivity index (χ0) is 19.3. The van der Waals surface area contributed by atoms with Gasteiger partial charge in [0.25, 0.3) is 11.5 Å². The van der Waals surface area contributed by atoms with Crippen LogP contribution in [0.4, 0.5) is 4.79 Å². The van der Waals surface area contributed by atoms with Gasteiger partial charge in [0.1, 0.15) is 5.54 Å². The molecule has 1 N–H and O–H groups in total. The molecule has 1 aliphatic heterocycles. The fraction of sp³-hybridized carbons (Fsp3) is 0.300. The Hall–Kier alpha value is -3.00. The molecule has 1 fully saturated rings. The van der Waals surface area contributed by atoms with E-state index in [1.165, 1.54) is 26.7 Å². The minimum atomic E-state index is -1.02. The standard InChI is InChI=1S/C20H18N4O3S/c25-16-11-14(21-19-23(16)9-10-28-19)12-24-17(26)20(22-18(24)27)8-4-3-6-13-5-1-2-7-15(13)20/h1-2,5,7,9-11H,3-4,6,8,12H2,(H,22,27). The minimum Gasteiger partial charge on any atom is -0.319 e. The van der Waals surface area contributed by atoms with Crippen LogP contribution >= 0.6 is 11.3 Å². The van der Waals surface area contributed by atoms with Crippen molar-refractivity contribution in [1.82, 2.24) is 19.6 Å². The van der Waals surface area contributed by atoms with Crippen molar-refractivity contribution in [2.45, 2.75) is 37.8 Å². The van der Waals surface area contributed by atoms with Crippen LogP contribution in [0.1, 0.15) is 36.1 Å². The van der Waals surface area contributed by atoms with Gasteiger partial charge in [0, 0.05) is 17.6 Å². The second-order valence-electron chi connectivity index (χ2n) is 7.23. The fourth-order valence-electron chi connectivity index (χ4n) is 4.25. The second-order valence-corrected chi connectivity index (χ2v) is 8.11. The third kappa shape index (κ3) is 2.48. The second kappa shape index (κ2) is 6.27. The summed E-state index contributed by atoms with van der Waals surface area (Å²) in [5.41, 5.74) is 1.16. The Morgan fingerprint density at radius 2 is 2.04 bits per heavy atom. The SMILES string of the molecule is O=C1NC2(CCCCc3ccccc32)C(=O)N1Cc1cc(=O)n2ccsc2n1. The molecule has 3 heterocycles. The number of hydrogen-bond acceptors (Lipinski definition) is 5. The predicted octanol–water partition coefficient (Wildman–Crippen LogP) is 2.43. The van der Waals surface area contributed by atoms with Gasteiger partial charge in [-0.05, 0) is 36.8 Å². The number of nitrogens with zero attached hydrogens (tertiary/aromatic N) is 3. The van der Waals surface area contributed by atoms with Crippen molar-refractivity contribution in [3.8, 4) is 0 Å². The largest absolute Gasteiger partial charge is 0.325 e. The predicted molar refractivity (Wildman–Crippen MR) is 104 cm³/mol. The molecule has 1 aliphatic carbocycles. The maximum Gasteiger partial charge on any atom is 0.325 e. The number of carbonyl (C=O) groups excluding carboxylic acids is 2. The van der Waals surface area contributed by atoms with Gasteiger partial charge in [0.15, 0.2) is 4.96 Å². The van der Waals surface area contributed by atoms with E-state index in [4.69, 9.17) is 0 Å². The van der Waals surface area contributed by atoms with E-state index in [0.29, 0.717) is 17.1 Å². The summed E-state index contributed by atoms with van der Waals surface area (Å²) in [4.78, 5) is 44.6. The summed E-state index contributed by atoms with van der Waals surface area (Å²) in [5.74, 6) is -0.264. The van der Waals surface area contributed by atoms with E-state index in [1.807, 2.05) is 24.3 Å². The summed E-state index contributed by atoms with van der Waals surface area (Å²) in [6, 6.07) is 8.77. The van der Waals surface area contributed by atoms with Gasteiger partial charge in [-0.25, -0.2) is 9.78 Å². The van der Waals surface area contributed by atoms with Crippen molar-refractivity contribution < 1.29 is 9.59 Å². The quantitative estimate of drug-likeness (QED) is 0.677. The molecule has 0 bridgehead atoms. The number of benzene rings is 1. The number of fused-ring (bicyclic) bond motifs is 3. The average Bonchev–Trinajstić information content (AvgIpc) is 3.19. The highest BCUT2D eigenvalue weighted by Crippen LogP contribution is 2.39. The number of aromatic nitrogens is 2. The lowest BCUT2D eigenvalue weighted by Gasteiger charge is -2.27. The van der Waals surface area contributed by atoms with E-state index in [-0.39, 0.29) is 18.0 Å². The Kier molecular flexibility index (Phi) is 3.83. The van der Waals surface area contributed by atoms with Gasteiger partial charge in [-0.3, -0.25) is 18.9 Å². The van der Waals surface area contributed by atoms with Crippen LogP contribution in [-0.4, -0.2) is 26.2 Å². The molecule has 8 heteroatoms. The van der Waals surface area contributed by atoms with Crippen LogP contribution < -0.4 is 10.9 Å². The first-order valence-electron chi connectivity index (χ1n) is 9.27. The summed E-state index contributed by atoms with van der Waals surface area (Å²) >= 11 is 1.34. The molecule has 1 unspecified atom stereocenters. The molecule has 142 valence electrons. The van der Waals surface area contributed by atoms with Gasteiger partial charge in [-0.1, -0.05) is 24.3 Å². The van der Waals surface area contributed by atoms with Crippen LogP contribution in [0.15, 0.2) is 46.7 Å². The normalized spacial score (nSPS) is 21.8. The Bertz CT molecular complexity index is 1170. The van der Waals surface area contributed by atoms with Gasteiger partial charge in [-0.2, -0.15) is 0 Å². The summed E-state index contributed by atoms with van der Waals surface area (Å²) in [6.07, 6.45) is 4.97. The number of rotatable bonds is 2. The molecule has 7 nitrogen and oxygen atoms in total. The fourth-order valence-corrected chi connectivity index (χ4v) is 4.99. The Balaban J connectivity index is 1.53. The van der Waals surface area contributed by atoms with Gasteiger partial charge < -0.3 is 5.32 Å². The zero-order valence-electron chi connectivity index (χ0n) is 15.1. The first kappa shape index (κ1) is 17.1. The molecule has 0 radical (unpaired) electrons. The van der Waals surface area contributed by atoms with E-state index < -0.39 is 11.6 Å². The topological polar surface area (TPSA) is 83.8 Å². The molecule has 28 heavy (non-hydrogen) atoms. The molecule has 3 aromatic rings. The number of aryl methyl sites for hydroxylation is 1. The van der Waals surface area contributed by atoms with Crippen LogP contribution in [0.25, 0.3) is 4.96 Å². The Morgan fingerprint density at radius 3 is 2.93 bits per heavy atom. The van der Waals surface area contributed by atoms with Crippen LogP contribution in [0.3, 0.4) is 0 Å². The molecule has 5 rings (SSSR count). The lowest BCUT2D eigenvalue weighted by Crippen LogP contribution is -2.44. The lowest BCUT2D eigenvalue weighted by atomic mass is 9.84. The number of imide groups is 1. The lowest BCUT2D eigenvalue weighted by molar-refractivity contribution is -0.132. The molecular weight excluding hydrogens is 376 g/mol. The van der Waals surface area contributed by atoms with Gasteiger partial charge in [-0.15, -0.1) is 11.3 Å². The molecule has 2 aromatic heterocycles. The Labute approximate surface area is 164 Å². The van der Waals surface area contributed by atoms with Crippen molar-refractivity contribution in [3.05, 3.63) is 69.1 Å². The van der Waals surface area contributed by atoms with E-state index in [9.17, 15) is 14.4 Å². The number of thiazole rings is 1. The molecule has 0 saturated carbocycles. The highest BCUT2D eigenvalue weighted by molar-refractivity contribution is 7.15. The molecule has 2 aliphatic rings. The van der Waals surface area contributed by atoms with Gasteiger partial charge in [0.05, 0.1) is 12.2 Å². The maximum atomic E-state index is 13.4. The summed E-state index contributed by atoms with van der Waals surface area (Å²) in [7, 11) is 0. The van der Waals surface area contributed by atoms with E-state index in [1.54, 1.807) is 11.6 Å². The van der Waals surface area contributed by atoms with Crippen LogP contribution in [0.5, 0.6) is 0 Å². The number of urea groups is 1. The smallest absolute Gasteiger partial charge is 0.319 e. The third-order valence-electron chi connectivity index (χ3n) is 5.58. The number of amides is 3. The number of carbonyl (C=O) groups is 2. The highest BCUT2D eigenvalue weighted by atomic mass is 32.1. The monoisotopic (exact) mass is 394 g/mol. The molecule has 1 atom stereocenters. The minimum absolute atomic E-state index is 0.0157. The first-order valence-corrected chi connectivity index (χ1v) is 10.1. The maximum absolute atomic E-state index is 13.4. The van der Waals surface area contributed by atoms with Crippen LogP contribution in [0, 0.1) is 0 Å². The number of hydrogen-bond donors (Lipinski definition) is 1. The summed E-state index contributed by atoms with van der Waals surface area (Å²) in [5, 5.41) is 4.74. The number of nitrogens with one attached hydrogen (secondary N) is 1. The summed E-state index contributed by atoms with van der Waals surface area (Å²) < 4.78 is 1.45. The molecule has 1 aromatic carbocycles. The van der Waals surface area contributed by atoms with Crippen molar-refractivity contribution in [1.29, 1.82) is 0 Å². The molecule has 1 saturated heterocycles.